The molecular weight excluding hydrogens is 318 g/mol. The van der Waals surface area contributed by atoms with E-state index >= 15 is 0 Å². The quantitative estimate of drug-likeness (QED) is 0.740. The fourth-order valence-electron chi connectivity index (χ4n) is 3.16. The summed E-state index contributed by atoms with van der Waals surface area (Å²) in [4.78, 5) is 12.9. The van der Waals surface area contributed by atoms with Crippen molar-refractivity contribution >= 4 is 21.6 Å². The van der Waals surface area contributed by atoms with E-state index in [4.69, 9.17) is 4.74 Å². The minimum absolute atomic E-state index is 0.0154. The largest absolute Gasteiger partial charge is 0.383 e. The van der Waals surface area contributed by atoms with Crippen molar-refractivity contribution in [2.75, 3.05) is 61.7 Å². The van der Waals surface area contributed by atoms with Gasteiger partial charge in [0.2, 0.25) is 5.95 Å². The van der Waals surface area contributed by atoms with Crippen LogP contribution in [0.5, 0.6) is 0 Å². The van der Waals surface area contributed by atoms with Crippen LogP contribution in [-0.2, 0) is 14.6 Å². The topological polar surface area (TPSA) is 87.7 Å². The van der Waals surface area contributed by atoms with Gasteiger partial charge < -0.3 is 19.9 Å². The van der Waals surface area contributed by atoms with Gasteiger partial charge in [0.15, 0.2) is 9.84 Å². The number of nitrogens with one attached hydrogen (secondary N) is 1. The van der Waals surface area contributed by atoms with Gasteiger partial charge in [0.1, 0.15) is 5.82 Å². The van der Waals surface area contributed by atoms with E-state index in [0.717, 1.165) is 18.9 Å². The molecule has 0 bridgehead atoms. The first-order valence-electron chi connectivity index (χ1n) is 7.74. The molecule has 3 heterocycles. The number of aromatic nitrogens is 2. The number of sulfone groups is 1. The standard InChI is InChI=1S/C14H23N5O3S/c1-18(7-8-22-2)14-16-4-3-13(17-14)19-6-5-15-11-9-23(20,21)10-12(11)19/h3-4,11-12,15H,5-10H2,1-2H3/t11-,12+/m1/s1. The van der Waals surface area contributed by atoms with Crippen LogP contribution in [0, 0.1) is 0 Å². The van der Waals surface area contributed by atoms with E-state index in [1.807, 2.05) is 18.0 Å². The van der Waals surface area contributed by atoms with Crippen molar-refractivity contribution < 1.29 is 13.2 Å². The van der Waals surface area contributed by atoms with Crippen LogP contribution in [0.15, 0.2) is 12.3 Å². The normalized spacial score (nSPS) is 26.1. The molecule has 2 fully saturated rings. The Hall–Kier alpha value is -1.45. The molecule has 2 atom stereocenters. The number of likely N-dealkylation sites (N-methyl/N-ethyl adjacent to an activating group) is 1. The highest BCUT2D eigenvalue weighted by atomic mass is 32.2. The molecule has 0 amide bonds. The van der Waals surface area contributed by atoms with E-state index in [-0.39, 0.29) is 23.6 Å². The summed E-state index contributed by atoms with van der Waals surface area (Å²) in [5.74, 6) is 1.80. The monoisotopic (exact) mass is 341 g/mol. The number of piperazine rings is 1. The maximum atomic E-state index is 11.9. The van der Waals surface area contributed by atoms with Crippen molar-refractivity contribution in [2.45, 2.75) is 12.1 Å². The number of hydrogen-bond acceptors (Lipinski definition) is 8. The van der Waals surface area contributed by atoms with Crippen molar-refractivity contribution in [3.63, 3.8) is 0 Å². The third-order valence-electron chi connectivity index (χ3n) is 4.38. The molecule has 128 valence electrons. The molecule has 1 aromatic rings. The lowest BCUT2D eigenvalue weighted by molar-refractivity contribution is 0.206. The highest BCUT2D eigenvalue weighted by Crippen LogP contribution is 2.26. The molecule has 0 aliphatic carbocycles. The zero-order valence-corrected chi connectivity index (χ0v) is 14.3. The van der Waals surface area contributed by atoms with Crippen LogP contribution in [0.4, 0.5) is 11.8 Å². The average molecular weight is 341 g/mol. The third-order valence-corrected chi connectivity index (χ3v) is 6.09. The summed E-state index contributed by atoms with van der Waals surface area (Å²) in [6, 6.07) is 1.78. The zero-order chi connectivity index (χ0) is 16.4. The minimum atomic E-state index is -2.98. The van der Waals surface area contributed by atoms with Gasteiger partial charge in [-0.15, -0.1) is 0 Å². The van der Waals surface area contributed by atoms with Crippen molar-refractivity contribution in [1.29, 1.82) is 0 Å². The number of anilines is 2. The SMILES string of the molecule is COCCN(C)c1nccc(N2CCN[C@@H]3CS(=O)(=O)C[C@@H]32)n1. The molecule has 3 rings (SSSR count). The fourth-order valence-corrected chi connectivity index (χ4v) is 5.12. The minimum Gasteiger partial charge on any atom is -0.383 e. The highest BCUT2D eigenvalue weighted by Gasteiger charge is 2.43. The summed E-state index contributed by atoms with van der Waals surface area (Å²) in [6.07, 6.45) is 1.72. The van der Waals surface area contributed by atoms with Crippen LogP contribution in [0.1, 0.15) is 0 Å². The Morgan fingerprint density at radius 3 is 3.09 bits per heavy atom. The summed E-state index contributed by atoms with van der Waals surface area (Å²) >= 11 is 0. The molecule has 8 nitrogen and oxygen atoms in total. The molecule has 0 spiro atoms. The third kappa shape index (κ3) is 3.56. The van der Waals surface area contributed by atoms with E-state index in [2.05, 4.69) is 20.2 Å². The van der Waals surface area contributed by atoms with Gasteiger partial charge in [-0.25, -0.2) is 13.4 Å². The van der Waals surface area contributed by atoms with Gasteiger partial charge in [-0.3, -0.25) is 0 Å². The Kier molecular flexibility index (Phi) is 4.69. The van der Waals surface area contributed by atoms with Gasteiger partial charge in [-0.05, 0) is 6.07 Å². The summed E-state index contributed by atoms with van der Waals surface area (Å²) in [5.41, 5.74) is 0. The van der Waals surface area contributed by atoms with E-state index in [1.165, 1.54) is 0 Å². The van der Waals surface area contributed by atoms with Crippen molar-refractivity contribution in [2.24, 2.45) is 0 Å². The molecular formula is C14H23N5O3S. The summed E-state index contributed by atoms with van der Waals surface area (Å²) in [7, 11) is 0.592. The van der Waals surface area contributed by atoms with Crippen LogP contribution in [-0.4, -0.2) is 82.4 Å². The van der Waals surface area contributed by atoms with E-state index < -0.39 is 9.84 Å². The Bertz CT molecular complexity index is 654. The van der Waals surface area contributed by atoms with Crippen LogP contribution in [0.3, 0.4) is 0 Å². The summed E-state index contributed by atoms with van der Waals surface area (Å²) < 4.78 is 29.0. The lowest BCUT2D eigenvalue weighted by Gasteiger charge is -2.38. The van der Waals surface area contributed by atoms with Gasteiger partial charge in [0, 0.05) is 46.0 Å². The second-order valence-corrected chi connectivity index (χ2v) is 8.18. The van der Waals surface area contributed by atoms with Crippen LogP contribution in [0.2, 0.25) is 0 Å². The average Bonchev–Trinajstić information content (AvgIpc) is 2.86. The molecule has 2 aliphatic heterocycles. The maximum absolute atomic E-state index is 11.9. The molecule has 1 N–H and O–H groups in total. The molecule has 1 aromatic heterocycles. The van der Waals surface area contributed by atoms with E-state index in [9.17, 15) is 8.42 Å². The van der Waals surface area contributed by atoms with Crippen molar-refractivity contribution in [1.82, 2.24) is 15.3 Å². The summed E-state index contributed by atoms with van der Waals surface area (Å²) in [6.45, 7) is 2.80. The number of fused-ring (bicyclic) bond motifs is 1. The lowest BCUT2D eigenvalue weighted by Crippen LogP contribution is -2.57. The van der Waals surface area contributed by atoms with Gasteiger partial charge >= 0.3 is 0 Å². The first kappa shape index (κ1) is 16.4. The highest BCUT2D eigenvalue weighted by molar-refractivity contribution is 7.91. The summed E-state index contributed by atoms with van der Waals surface area (Å²) in [5, 5.41) is 3.31. The lowest BCUT2D eigenvalue weighted by atomic mass is 10.1. The van der Waals surface area contributed by atoms with Gasteiger partial charge in [-0.1, -0.05) is 0 Å². The molecule has 2 aliphatic rings. The first-order chi connectivity index (χ1) is 11.0. The van der Waals surface area contributed by atoms with Gasteiger partial charge in [0.25, 0.3) is 0 Å². The second-order valence-electron chi connectivity index (χ2n) is 6.03. The number of ether oxygens (including phenoxy) is 1. The molecule has 0 unspecified atom stereocenters. The van der Waals surface area contributed by atoms with Crippen molar-refractivity contribution in [3.8, 4) is 0 Å². The Morgan fingerprint density at radius 1 is 1.48 bits per heavy atom. The molecule has 0 aromatic carbocycles. The second kappa shape index (κ2) is 6.58. The van der Waals surface area contributed by atoms with Crippen LogP contribution in [0.25, 0.3) is 0 Å². The van der Waals surface area contributed by atoms with Crippen LogP contribution < -0.4 is 15.1 Å². The zero-order valence-electron chi connectivity index (χ0n) is 13.5. The molecule has 2 saturated heterocycles. The number of hydrogen-bond donors (Lipinski definition) is 1. The molecule has 0 radical (unpaired) electrons. The molecule has 0 saturated carbocycles. The Balaban J connectivity index is 1.81. The molecule has 9 heteroatoms. The van der Waals surface area contributed by atoms with E-state index in [1.54, 1.807) is 13.3 Å². The van der Waals surface area contributed by atoms with E-state index in [0.29, 0.717) is 19.1 Å². The number of rotatable bonds is 5. The number of methoxy groups -OCH3 is 1. The Morgan fingerprint density at radius 2 is 2.30 bits per heavy atom. The smallest absolute Gasteiger partial charge is 0.227 e. The molecule has 23 heavy (non-hydrogen) atoms. The first-order valence-corrected chi connectivity index (χ1v) is 9.56. The predicted octanol–water partition coefficient (Wildman–Crippen LogP) is -0.866. The predicted molar refractivity (Wildman–Crippen MR) is 88.8 cm³/mol. The van der Waals surface area contributed by atoms with Crippen molar-refractivity contribution in [3.05, 3.63) is 12.3 Å². The van der Waals surface area contributed by atoms with Crippen LogP contribution >= 0.6 is 0 Å². The van der Waals surface area contributed by atoms with Gasteiger partial charge in [0.05, 0.1) is 24.2 Å². The van der Waals surface area contributed by atoms with Gasteiger partial charge in [-0.2, -0.15) is 4.98 Å². The maximum Gasteiger partial charge on any atom is 0.227 e. The fraction of sp³-hybridized carbons (Fsp3) is 0.714. The Labute approximate surface area is 136 Å². The number of nitrogens with zero attached hydrogens (tertiary/aromatic N) is 4.